The molecule has 2 aromatic rings. The fourth-order valence-electron chi connectivity index (χ4n) is 1.74. The number of carbonyl (C=O) groups excluding carboxylic acids is 1. The summed E-state index contributed by atoms with van der Waals surface area (Å²) in [5, 5.41) is 9.86. The lowest BCUT2D eigenvalue weighted by molar-refractivity contribution is 0.0982. The Balaban J connectivity index is 2.70. The third-order valence-corrected chi connectivity index (χ3v) is 2.51. The van der Waals surface area contributed by atoms with E-state index < -0.39 is 5.63 Å². The van der Waals surface area contributed by atoms with E-state index in [1.165, 1.54) is 18.2 Å². The van der Waals surface area contributed by atoms with E-state index in [-0.39, 0.29) is 17.1 Å². The molecule has 1 aromatic carbocycles. The smallest absolute Gasteiger partial charge is 0.336 e. The third-order valence-electron chi connectivity index (χ3n) is 2.51. The van der Waals surface area contributed by atoms with Crippen molar-refractivity contribution in [2.75, 3.05) is 0 Å². The Morgan fingerprint density at radius 1 is 1.35 bits per heavy atom. The van der Waals surface area contributed by atoms with Gasteiger partial charge >= 0.3 is 5.63 Å². The van der Waals surface area contributed by atoms with Crippen molar-refractivity contribution in [3.8, 4) is 5.75 Å². The van der Waals surface area contributed by atoms with Crippen LogP contribution in [0.3, 0.4) is 0 Å². The fourth-order valence-corrected chi connectivity index (χ4v) is 1.74. The zero-order valence-electron chi connectivity index (χ0n) is 9.40. The van der Waals surface area contributed by atoms with Crippen LogP contribution in [0.1, 0.15) is 30.1 Å². The van der Waals surface area contributed by atoms with Crippen LogP contribution in [0.15, 0.2) is 33.5 Å². The maximum atomic E-state index is 11.9. The molecule has 4 heteroatoms. The first kappa shape index (κ1) is 11.4. The highest BCUT2D eigenvalue weighted by atomic mass is 16.4. The van der Waals surface area contributed by atoms with Gasteiger partial charge in [0.15, 0.2) is 5.78 Å². The van der Waals surface area contributed by atoms with E-state index in [4.69, 9.17) is 4.42 Å². The van der Waals surface area contributed by atoms with Crippen LogP contribution in [0.2, 0.25) is 0 Å². The molecule has 0 saturated heterocycles. The molecule has 0 fully saturated rings. The molecular weight excluding hydrogens is 220 g/mol. The maximum absolute atomic E-state index is 11.9. The van der Waals surface area contributed by atoms with Crippen molar-refractivity contribution >= 4 is 16.8 Å². The number of Topliss-reactive ketones (excluding diaryl/α,β-unsaturated/α-hetero) is 1. The molecule has 1 aromatic heterocycles. The largest absolute Gasteiger partial charge is 0.508 e. The van der Waals surface area contributed by atoms with Crippen molar-refractivity contribution in [3.05, 3.63) is 40.2 Å². The quantitative estimate of drug-likeness (QED) is 0.652. The molecule has 1 N–H and O–H groups in total. The molecule has 0 spiro atoms. The lowest BCUT2D eigenvalue weighted by Crippen LogP contribution is -2.06. The van der Waals surface area contributed by atoms with Gasteiger partial charge in [0.2, 0.25) is 0 Å². The average molecular weight is 232 g/mol. The van der Waals surface area contributed by atoms with E-state index >= 15 is 0 Å². The molecule has 0 bridgehead atoms. The molecule has 4 nitrogen and oxygen atoms in total. The molecule has 0 aliphatic rings. The van der Waals surface area contributed by atoms with Crippen molar-refractivity contribution in [1.29, 1.82) is 0 Å². The van der Waals surface area contributed by atoms with Crippen molar-refractivity contribution < 1.29 is 14.3 Å². The molecular formula is C13H12O4. The first-order valence-electron chi connectivity index (χ1n) is 5.42. The van der Waals surface area contributed by atoms with Gasteiger partial charge in [-0.25, -0.2) is 4.79 Å². The van der Waals surface area contributed by atoms with Crippen molar-refractivity contribution in [3.63, 3.8) is 0 Å². The number of phenols is 1. The molecule has 0 aliphatic heterocycles. The molecule has 0 unspecified atom stereocenters. The number of hydrogen-bond acceptors (Lipinski definition) is 4. The zero-order chi connectivity index (χ0) is 12.4. The predicted octanol–water partition coefficient (Wildman–Crippen LogP) is 2.48. The lowest BCUT2D eigenvalue weighted by atomic mass is 10.0. The molecule has 17 heavy (non-hydrogen) atoms. The summed E-state index contributed by atoms with van der Waals surface area (Å²) in [5.41, 5.74) is 0.0117. The minimum Gasteiger partial charge on any atom is -0.508 e. The highest BCUT2D eigenvalue weighted by Gasteiger charge is 2.12. The third kappa shape index (κ3) is 2.20. The second kappa shape index (κ2) is 4.41. The van der Waals surface area contributed by atoms with Crippen LogP contribution in [0.4, 0.5) is 0 Å². The number of ketones is 1. The SMILES string of the molecule is CCCC(=O)c1cc(=O)oc2cc(O)ccc12. The summed E-state index contributed by atoms with van der Waals surface area (Å²) in [7, 11) is 0. The van der Waals surface area contributed by atoms with Gasteiger partial charge in [0.05, 0.1) is 0 Å². The first-order valence-corrected chi connectivity index (χ1v) is 5.42. The van der Waals surface area contributed by atoms with E-state index in [0.717, 1.165) is 6.42 Å². The summed E-state index contributed by atoms with van der Waals surface area (Å²) in [4.78, 5) is 23.2. The Hall–Kier alpha value is -2.10. The van der Waals surface area contributed by atoms with Gasteiger partial charge in [-0.05, 0) is 18.6 Å². The normalized spacial score (nSPS) is 10.6. The van der Waals surface area contributed by atoms with Crippen LogP contribution >= 0.6 is 0 Å². The lowest BCUT2D eigenvalue weighted by Gasteiger charge is -2.03. The number of fused-ring (bicyclic) bond motifs is 1. The van der Waals surface area contributed by atoms with E-state index in [2.05, 4.69) is 0 Å². The van der Waals surface area contributed by atoms with Gasteiger partial charge in [-0.2, -0.15) is 0 Å². The van der Waals surface area contributed by atoms with Crippen molar-refractivity contribution in [1.82, 2.24) is 0 Å². The minimum atomic E-state index is -0.581. The van der Waals surface area contributed by atoms with Gasteiger partial charge in [0, 0.05) is 29.5 Å². The second-order valence-electron chi connectivity index (χ2n) is 3.83. The van der Waals surface area contributed by atoms with Gasteiger partial charge in [-0.15, -0.1) is 0 Å². The Bertz CT molecular complexity index is 625. The Labute approximate surface area is 97.5 Å². The first-order chi connectivity index (χ1) is 8.11. The van der Waals surface area contributed by atoms with E-state index in [1.807, 2.05) is 6.92 Å². The summed E-state index contributed by atoms with van der Waals surface area (Å²) in [6, 6.07) is 5.58. The Morgan fingerprint density at radius 3 is 2.82 bits per heavy atom. The summed E-state index contributed by atoms with van der Waals surface area (Å²) in [6.45, 7) is 1.90. The van der Waals surface area contributed by atoms with Crippen LogP contribution in [-0.4, -0.2) is 10.9 Å². The monoisotopic (exact) mass is 232 g/mol. The molecule has 88 valence electrons. The van der Waals surface area contributed by atoms with Crippen molar-refractivity contribution in [2.24, 2.45) is 0 Å². The van der Waals surface area contributed by atoms with Crippen molar-refractivity contribution in [2.45, 2.75) is 19.8 Å². The van der Waals surface area contributed by atoms with Gasteiger partial charge in [0.1, 0.15) is 11.3 Å². The molecule has 0 radical (unpaired) electrons. The van der Waals surface area contributed by atoms with Crippen LogP contribution < -0.4 is 5.63 Å². The molecule has 1 heterocycles. The van der Waals surface area contributed by atoms with Gasteiger partial charge in [0.25, 0.3) is 0 Å². The number of phenolic OH excluding ortho intramolecular Hbond substituents is 1. The fraction of sp³-hybridized carbons (Fsp3) is 0.231. The molecule has 0 saturated carbocycles. The van der Waals surface area contributed by atoms with Gasteiger partial charge in [-0.1, -0.05) is 6.92 Å². The zero-order valence-corrected chi connectivity index (χ0v) is 9.40. The molecule has 0 amide bonds. The van der Waals surface area contributed by atoms with Crippen LogP contribution in [-0.2, 0) is 0 Å². The van der Waals surface area contributed by atoms with E-state index in [9.17, 15) is 14.7 Å². The molecule has 0 atom stereocenters. The number of benzene rings is 1. The number of hydrogen-bond donors (Lipinski definition) is 1. The number of rotatable bonds is 3. The summed E-state index contributed by atoms with van der Waals surface area (Å²) < 4.78 is 4.94. The second-order valence-corrected chi connectivity index (χ2v) is 3.83. The van der Waals surface area contributed by atoms with Crippen LogP contribution in [0, 0.1) is 0 Å². The van der Waals surface area contributed by atoms with E-state index in [0.29, 0.717) is 17.4 Å². The number of aromatic hydroxyl groups is 1. The average Bonchev–Trinajstić information content (AvgIpc) is 2.27. The van der Waals surface area contributed by atoms with Crippen LogP contribution in [0.25, 0.3) is 11.0 Å². The summed E-state index contributed by atoms with van der Waals surface area (Å²) in [6.07, 6.45) is 1.11. The van der Waals surface area contributed by atoms with Crippen LogP contribution in [0.5, 0.6) is 5.75 Å². The predicted molar refractivity (Wildman–Crippen MR) is 63.4 cm³/mol. The maximum Gasteiger partial charge on any atom is 0.336 e. The summed E-state index contributed by atoms with van der Waals surface area (Å²) in [5.74, 6) is -0.0863. The minimum absolute atomic E-state index is 0.000686. The number of carbonyl (C=O) groups is 1. The highest BCUT2D eigenvalue weighted by molar-refractivity contribution is 6.06. The standard InChI is InChI=1S/C13H12O4/c1-2-3-11(15)10-7-13(16)17-12-6-8(14)4-5-9(10)12/h4-7,14H,2-3H2,1H3. The molecule has 0 aliphatic carbocycles. The van der Waals surface area contributed by atoms with Gasteiger partial charge < -0.3 is 9.52 Å². The van der Waals surface area contributed by atoms with E-state index in [1.54, 1.807) is 6.07 Å². The van der Waals surface area contributed by atoms with Gasteiger partial charge in [-0.3, -0.25) is 4.79 Å². The Morgan fingerprint density at radius 2 is 2.12 bits per heavy atom. The highest BCUT2D eigenvalue weighted by Crippen LogP contribution is 2.22. The topological polar surface area (TPSA) is 67.5 Å². The molecule has 2 rings (SSSR count). The summed E-state index contributed by atoms with van der Waals surface area (Å²) >= 11 is 0. The Kier molecular flexibility index (Phi) is 2.95.